The Kier molecular flexibility index (Phi) is 8.05. The molecule has 0 spiro atoms. The second-order valence-corrected chi connectivity index (χ2v) is 7.51. The summed E-state index contributed by atoms with van der Waals surface area (Å²) in [7, 11) is 2.51. The standard InChI is InChI=1S/C18H29NO8/c1-10(20)26-9-14-12(16(22)25-6)7-11(15(21)24-5)13(14)8-19-17(23)27-18(2,3)4/h11-14H,7-9H2,1-6H3,(H,19,23)/t11-,12+,13+,14-/m0/s1. The number of esters is 3. The molecule has 0 bridgehead atoms. The quantitative estimate of drug-likeness (QED) is 0.535. The van der Waals surface area contributed by atoms with Crippen molar-refractivity contribution >= 4 is 24.0 Å². The zero-order valence-corrected chi connectivity index (χ0v) is 16.7. The first-order valence-corrected chi connectivity index (χ1v) is 8.76. The van der Waals surface area contributed by atoms with E-state index in [0.717, 1.165) is 0 Å². The van der Waals surface area contributed by atoms with Crippen LogP contribution in [0.3, 0.4) is 0 Å². The van der Waals surface area contributed by atoms with E-state index in [2.05, 4.69) is 5.32 Å². The van der Waals surface area contributed by atoms with Crippen LogP contribution in [-0.2, 0) is 33.3 Å². The number of carbonyl (C=O) groups is 4. The number of hydrogen-bond acceptors (Lipinski definition) is 8. The first-order chi connectivity index (χ1) is 12.5. The fourth-order valence-electron chi connectivity index (χ4n) is 3.33. The fourth-order valence-corrected chi connectivity index (χ4v) is 3.33. The van der Waals surface area contributed by atoms with E-state index in [0.29, 0.717) is 0 Å². The third-order valence-corrected chi connectivity index (χ3v) is 4.46. The average Bonchev–Trinajstić information content (AvgIpc) is 2.93. The number of ether oxygens (including phenoxy) is 4. The maximum absolute atomic E-state index is 12.2. The smallest absolute Gasteiger partial charge is 0.407 e. The van der Waals surface area contributed by atoms with Crippen molar-refractivity contribution in [2.45, 2.75) is 39.7 Å². The number of nitrogens with one attached hydrogen (secondary N) is 1. The number of amides is 1. The molecule has 1 saturated carbocycles. The maximum atomic E-state index is 12.2. The molecule has 0 aromatic carbocycles. The predicted molar refractivity (Wildman–Crippen MR) is 93.5 cm³/mol. The van der Waals surface area contributed by atoms with Crippen LogP contribution in [-0.4, -0.2) is 57.0 Å². The van der Waals surface area contributed by atoms with Gasteiger partial charge >= 0.3 is 24.0 Å². The molecule has 4 atom stereocenters. The van der Waals surface area contributed by atoms with Crippen LogP contribution in [0.5, 0.6) is 0 Å². The number of hydrogen-bond donors (Lipinski definition) is 1. The Balaban J connectivity index is 3.00. The summed E-state index contributed by atoms with van der Waals surface area (Å²) in [5, 5.41) is 2.62. The minimum Gasteiger partial charge on any atom is -0.469 e. The van der Waals surface area contributed by atoms with Crippen molar-refractivity contribution in [3.63, 3.8) is 0 Å². The molecular weight excluding hydrogens is 358 g/mol. The molecule has 1 aliphatic rings. The van der Waals surface area contributed by atoms with Gasteiger partial charge in [0.1, 0.15) is 5.60 Å². The summed E-state index contributed by atoms with van der Waals surface area (Å²) < 4.78 is 20.0. The van der Waals surface area contributed by atoms with Gasteiger partial charge in [-0.25, -0.2) is 4.79 Å². The van der Waals surface area contributed by atoms with Crippen molar-refractivity contribution in [1.82, 2.24) is 5.32 Å². The highest BCUT2D eigenvalue weighted by Crippen LogP contribution is 2.43. The molecular formula is C18H29NO8. The molecule has 1 amide bonds. The van der Waals surface area contributed by atoms with Crippen LogP contribution in [0.25, 0.3) is 0 Å². The topological polar surface area (TPSA) is 117 Å². The van der Waals surface area contributed by atoms with Crippen molar-refractivity contribution in [2.75, 3.05) is 27.4 Å². The lowest BCUT2D eigenvalue weighted by molar-refractivity contribution is -0.151. The van der Waals surface area contributed by atoms with Gasteiger partial charge in [0.2, 0.25) is 0 Å². The summed E-state index contributed by atoms with van der Waals surface area (Å²) in [5.41, 5.74) is -0.673. The molecule has 0 aromatic rings. The zero-order chi connectivity index (χ0) is 20.8. The minimum absolute atomic E-state index is 0.0636. The maximum Gasteiger partial charge on any atom is 0.407 e. The normalized spacial score (nSPS) is 24.7. The van der Waals surface area contributed by atoms with E-state index in [-0.39, 0.29) is 19.6 Å². The third-order valence-electron chi connectivity index (χ3n) is 4.46. The monoisotopic (exact) mass is 387 g/mol. The summed E-state index contributed by atoms with van der Waals surface area (Å²) >= 11 is 0. The summed E-state index contributed by atoms with van der Waals surface area (Å²) in [4.78, 5) is 47.6. The highest BCUT2D eigenvalue weighted by atomic mass is 16.6. The molecule has 0 radical (unpaired) electrons. The van der Waals surface area contributed by atoms with Gasteiger partial charge in [-0.2, -0.15) is 0 Å². The van der Waals surface area contributed by atoms with Gasteiger partial charge in [-0.1, -0.05) is 0 Å². The molecule has 0 aromatic heterocycles. The second-order valence-electron chi connectivity index (χ2n) is 7.51. The van der Waals surface area contributed by atoms with Gasteiger partial charge in [0.15, 0.2) is 0 Å². The van der Waals surface area contributed by atoms with E-state index in [1.807, 2.05) is 0 Å². The van der Waals surface area contributed by atoms with E-state index in [1.54, 1.807) is 20.8 Å². The van der Waals surface area contributed by atoms with E-state index >= 15 is 0 Å². The van der Waals surface area contributed by atoms with Crippen LogP contribution in [0.1, 0.15) is 34.1 Å². The highest BCUT2D eigenvalue weighted by Gasteiger charge is 2.50. The van der Waals surface area contributed by atoms with Gasteiger partial charge in [-0.05, 0) is 33.1 Å². The van der Waals surface area contributed by atoms with Crippen LogP contribution >= 0.6 is 0 Å². The number of carbonyl (C=O) groups excluding carboxylic acids is 4. The van der Waals surface area contributed by atoms with Crippen LogP contribution < -0.4 is 5.32 Å². The first-order valence-electron chi connectivity index (χ1n) is 8.76. The van der Waals surface area contributed by atoms with Gasteiger partial charge in [0.05, 0.1) is 32.7 Å². The molecule has 0 unspecified atom stereocenters. The van der Waals surface area contributed by atoms with E-state index in [4.69, 9.17) is 18.9 Å². The van der Waals surface area contributed by atoms with Crippen LogP contribution in [0.15, 0.2) is 0 Å². The molecule has 0 saturated heterocycles. The third kappa shape index (κ3) is 6.73. The van der Waals surface area contributed by atoms with E-state index in [1.165, 1.54) is 21.1 Å². The van der Waals surface area contributed by atoms with Crippen molar-refractivity contribution in [3.05, 3.63) is 0 Å². The van der Waals surface area contributed by atoms with Gasteiger partial charge in [-0.15, -0.1) is 0 Å². The summed E-state index contributed by atoms with van der Waals surface area (Å²) in [5.74, 6) is -3.77. The Bertz CT molecular complexity index is 568. The van der Waals surface area contributed by atoms with Crippen LogP contribution in [0.4, 0.5) is 4.79 Å². The van der Waals surface area contributed by atoms with Gasteiger partial charge in [-0.3, -0.25) is 14.4 Å². The minimum atomic E-state index is -0.673. The largest absolute Gasteiger partial charge is 0.469 e. The first kappa shape index (κ1) is 22.7. The summed E-state index contributed by atoms with van der Waals surface area (Å²) in [6, 6.07) is 0. The Morgan fingerprint density at radius 1 is 0.963 bits per heavy atom. The Morgan fingerprint density at radius 3 is 1.93 bits per heavy atom. The summed E-state index contributed by atoms with van der Waals surface area (Å²) in [6.07, 6.45) is -0.453. The van der Waals surface area contributed by atoms with Gasteiger partial charge in [0.25, 0.3) is 0 Å². The van der Waals surface area contributed by atoms with Gasteiger partial charge < -0.3 is 24.3 Å². The molecule has 1 rings (SSSR count). The molecule has 9 heteroatoms. The fraction of sp³-hybridized carbons (Fsp3) is 0.778. The van der Waals surface area contributed by atoms with E-state index < -0.39 is 53.3 Å². The molecule has 9 nitrogen and oxygen atoms in total. The lowest BCUT2D eigenvalue weighted by Crippen LogP contribution is -2.40. The predicted octanol–water partition coefficient (Wildman–Crippen LogP) is 1.29. The number of alkyl carbamates (subject to hydrolysis) is 1. The lowest BCUT2D eigenvalue weighted by Gasteiger charge is -2.26. The lowest BCUT2D eigenvalue weighted by atomic mass is 9.87. The van der Waals surface area contributed by atoms with Crippen molar-refractivity contribution < 1.29 is 38.1 Å². The highest BCUT2D eigenvalue weighted by molar-refractivity contribution is 5.78. The number of rotatable bonds is 6. The van der Waals surface area contributed by atoms with Crippen molar-refractivity contribution in [2.24, 2.45) is 23.7 Å². The molecule has 1 N–H and O–H groups in total. The number of methoxy groups -OCH3 is 2. The van der Waals surface area contributed by atoms with E-state index in [9.17, 15) is 19.2 Å². The van der Waals surface area contributed by atoms with Crippen LogP contribution in [0.2, 0.25) is 0 Å². The molecule has 27 heavy (non-hydrogen) atoms. The SMILES string of the molecule is COC(=O)[C@H]1C[C@@H](C(=O)OC)[C@H](COC(C)=O)[C@@H]1CNC(=O)OC(C)(C)C. The van der Waals surface area contributed by atoms with Crippen molar-refractivity contribution in [1.29, 1.82) is 0 Å². The molecule has 1 aliphatic carbocycles. The average molecular weight is 387 g/mol. The van der Waals surface area contributed by atoms with Crippen LogP contribution in [0, 0.1) is 23.7 Å². The molecule has 1 fully saturated rings. The van der Waals surface area contributed by atoms with Crippen molar-refractivity contribution in [3.8, 4) is 0 Å². The Hall–Kier alpha value is -2.32. The zero-order valence-electron chi connectivity index (χ0n) is 16.7. The molecule has 0 heterocycles. The molecule has 154 valence electrons. The Morgan fingerprint density at radius 2 is 1.48 bits per heavy atom. The Labute approximate surface area is 159 Å². The van der Waals surface area contributed by atoms with Gasteiger partial charge in [0, 0.05) is 19.4 Å². The summed E-state index contributed by atoms with van der Waals surface area (Å²) in [6.45, 7) is 6.45. The second kappa shape index (κ2) is 9.57. The molecule has 0 aliphatic heterocycles.